The van der Waals surface area contributed by atoms with Gasteiger partial charge in [-0.15, -0.1) is 0 Å². The summed E-state index contributed by atoms with van der Waals surface area (Å²) in [4.78, 5) is 14.3. The van der Waals surface area contributed by atoms with Crippen LogP contribution in [0, 0.1) is 18.6 Å². The van der Waals surface area contributed by atoms with Crippen LogP contribution in [0.25, 0.3) is 0 Å². The predicted molar refractivity (Wildman–Crippen MR) is 80.5 cm³/mol. The summed E-state index contributed by atoms with van der Waals surface area (Å²) < 4.78 is 27.3. The van der Waals surface area contributed by atoms with E-state index in [9.17, 15) is 13.6 Å². The summed E-state index contributed by atoms with van der Waals surface area (Å²) in [5, 5.41) is 0. The molecule has 0 N–H and O–H groups in total. The monoisotopic (exact) mass is 301 g/mol. The Labute approximate surface area is 128 Å². The Morgan fingerprint density at radius 1 is 1.14 bits per heavy atom. The molecular weight excluding hydrogens is 284 g/mol. The van der Waals surface area contributed by atoms with Crippen LogP contribution in [0.3, 0.4) is 0 Å². The van der Waals surface area contributed by atoms with Gasteiger partial charge in [-0.2, -0.15) is 0 Å². The molecular formula is C18H17F2NO. The van der Waals surface area contributed by atoms with Gasteiger partial charge in [0.15, 0.2) is 11.6 Å². The molecule has 0 bridgehead atoms. The second-order valence-corrected chi connectivity index (χ2v) is 5.61. The Morgan fingerprint density at radius 3 is 2.68 bits per heavy atom. The molecule has 1 amide bonds. The third-order valence-electron chi connectivity index (χ3n) is 4.24. The van der Waals surface area contributed by atoms with E-state index in [1.54, 1.807) is 4.90 Å². The number of benzene rings is 2. The second-order valence-electron chi connectivity index (χ2n) is 5.61. The number of likely N-dealkylation sites (tertiary alicyclic amines) is 1. The summed E-state index contributed by atoms with van der Waals surface area (Å²) in [5.74, 6) is -2.50. The molecule has 2 nitrogen and oxygen atoms in total. The molecule has 22 heavy (non-hydrogen) atoms. The number of aryl methyl sites for hydroxylation is 1. The van der Waals surface area contributed by atoms with Crippen LogP contribution < -0.4 is 0 Å². The largest absolute Gasteiger partial charge is 0.332 e. The predicted octanol–water partition coefficient (Wildman–Crippen LogP) is 4.25. The minimum atomic E-state index is -1.07. The first-order valence-electron chi connectivity index (χ1n) is 7.40. The van der Waals surface area contributed by atoms with Gasteiger partial charge in [-0.3, -0.25) is 4.79 Å². The molecule has 2 aromatic rings. The van der Waals surface area contributed by atoms with Crippen LogP contribution in [0.5, 0.6) is 0 Å². The van der Waals surface area contributed by atoms with Crippen molar-refractivity contribution in [1.29, 1.82) is 0 Å². The molecule has 0 spiro atoms. The third-order valence-corrected chi connectivity index (χ3v) is 4.24. The van der Waals surface area contributed by atoms with E-state index in [0.717, 1.165) is 30.0 Å². The molecule has 2 aromatic carbocycles. The normalized spacial score (nSPS) is 17.8. The zero-order chi connectivity index (χ0) is 15.7. The topological polar surface area (TPSA) is 20.3 Å². The summed E-state index contributed by atoms with van der Waals surface area (Å²) in [6.07, 6.45) is 1.70. The molecule has 0 aliphatic carbocycles. The van der Waals surface area contributed by atoms with E-state index >= 15 is 0 Å². The molecule has 0 saturated carbocycles. The molecule has 4 heteroatoms. The summed E-state index contributed by atoms with van der Waals surface area (Å²) in [7, 11) is 0. The fraction of sp³-hybridized carbons (Fsp3) is 0.278. The Kier molecular flexibility index (Phi) is 3.92. The number of carbonyl (C=O) groups is 1. The van der Waals surface area contributed by atoms with Gasteiger partial charge in [-0.05, 0) is 43.0 Å². The maximum Gasteiger partial charge on any atom is 0.257 e. The highest BCUT2D eigenvalue weighted by Gasteiger charge is 2.32. The van der Waals surface area contributed by atoms with Crippen LogP contribution in [0.15, 0.2) is 42.5 Å². The van der Waals surface area contributed by atoms with Crippen LogP contribution >= 0.6 is 0 Å². The molecule has 3 rings (SSSR count). The van der Waals surface area contributed by atoms with Gasteiger partial charge in [-0.1, -0.05) is 30.3 Å². The zero-order valence-electron chi connectivity index (χ0n) is 12.4. The Bertz CT molecular complexity index is 714. The van der Waals surface area contributed by atoms with Crippen LogP contribution in [0.1, 0.15) is 40.4 Å². The first-order valence-corrected chi connectivity index (χ1v) is 7.40. The van der Waals surface area contributed by atoms with Crippen molar-refractivity contribution in [2.45, 2.75) is 25.8 Å². The highest BCUT2D eigenvalue weighted by molar-refractivity contribution is 5.95. The van der Waals surface area contributed by atoms with Crippen molar-refractivity contribution in [3.63, 3.8) is 0 Å². The van der Waals surface area contributed by atoms with E-state index in [0.29, 0.717) is 6.54 Å². The number of carbonyl (C=O) groups excluding carboxylic acids is 1. The van der Waals surface area contributed by atoms with Crippen molar-refractivity contribution >= 4 is 5.91 Å². The Hall–Kier alpha value is -2.23. The zero-order valence-corrected chi connectivity index (χ0v) is 12.4. The molecule has 0 radical (unpaired) electrons. The van der Waals surface area contributed by atoms with E-state index in [2.05, 4.69) is 0 Å². The van der Waals surface area contributed by atoms with Crippen LogP contribution in [-0.4, -0.2) is 17.4 Å². The highest BCUT2D eigenvalue weighted by atomic mass is 19.2. The summed E-state index contributed by atoms with van der Waals surface area (Å²) >= 11 is 0. The minimum absolute atomic E-state index is 0.0728. The maximum atomic E-state index is 13.9. The van der Waals surface area contributed by atoms with Gasteiger partial charge < -0.3 is 4.90 Å². The number of nitrogens with zero attached hydrogens (tertiary/aromatic N) is 1. The fourth-order valence-corrected chi connectivity index (χ4v) is 3.12. The Morgan fingerprint density at radius 2 is 1.91 bits per heavy atom. The van der Waals surface area contributed by atoms with E-state index in [1.807, 2.05) is 31.2 Å². The number of halogens is 2. The molecule has 114 valence electrons. The smallest absolute Gasteiger partial charge is 0.257 e. The first kappa shape index (κ1) is 14.7. The van der Waals surface area contributed by atoms with E-state index in [1.165, 1.54) is 12.1 Å². The minimum Gasteiger partial charge on any atom is -0.332 e. The van der Waals surface area contributed by atoms with E-state index in [-0.39, 0.29) is 11.6 Å². The first-order chi connectivity index (χ1) is 10.6. The average molecular weight is 301 g/mol. The lowest BCUT2D eigenvalue weighted by atomic mass is 9.99. The van der Waals surface area contributed by atoms with Crippen molar-refractivity contribution in [3.8, 4) is 0 Å². The molecule has 1 unspecified atom stereocenters. The van der Waals surface area contributed by atoms with Gasteiger partial charge in [0.05, 0.1) is 11.6 Å². The number of hydrogen-bond acceptors (Lipinski definition) is 1. The number of hydrogen-bond donors (Lipinski definition) is 0. The lowest BCUT2D eigenvalue weighted by Gasteiger charge is -2.26. The highest BCUT2D eigenvalue weighted by Crippen LogP contribution is 2.35. The van der Waals surface area contributed by atoms with Gasteiger partial charge in [0.2, 0.25) is 0 Å². The fourth-order valence-electron chi connectivity index (χ4n) is 3.12. The Balaban J connectivity index is 1.95. The van der Waals surface area contributed by atoms with Crippen molar-refractivity contribution in [2.75, 3.05) is 6.54 Å². The quantitative estimate of drug-likeness (QED) is 0.812. The lowest BCUT2D eigenvalue weighted by Crippen LogP contribution is -2.31. The van der Waals surface area contributed by atoms with Crippen LogP contribution in [0.2, 0.25) is 0 Å². The van der Waals surface area contributed by atoms with Gasteiger partial charge in [-0.25, -0.2) is 8.78 Å². The summed E-state index contributed by atoms with van der Waals surface area (Å²) in [5.41, 5.74) is 1.98. The molecule has 1 atom stereocenters. The third kappa shape index (κ3) is 2.49. The molecule has 1 aliphatic heterocycles. The average Bonchev–Trinajstić information content (AvgIpc) is 2.99. The van der Waals surface area contributed by atoms with Crippen molar-refractivity contribution in [3.05, 3.63) is 70.8 Å². The van der Waals surface area contributed by atoms with E-state index in [4.69, 9.17) is 0 Å². The summed E-state index contributed by atoms with van der Waals surface area (Å²) in [6.45, 7) is 2.56. The standard InChI is InChI=1S/C18H17F2NO/c1-12-6-2-3-7-13(12)16-10-5-11-21(16)18(22)14-8-4-9-15(19)17(14)20/h2-4,6-9,16H,5,10-11H2,1H3. The van der Waals surface area contributed by atoms with Crippen molar-refractivity contribution in [2.24, 2.45) is 0 Å². The number of amides is 1. The van der Waals surface area contributed by atoms with Crippen molar-refractivity contribution < 1.29 is 13.6 Å². The summed E-state index contributed by atoms with van der Waals surface area (Å²) in [6, 6.07) is 11.5. The molecule has 1 fully saturated rings. The van der Waals surface area contributed by atoms with Crippen LogP contribution in [0.4, 0.5) is 8.78 Å². The molecule has 0 aromatic heterocycles. The lowest BCUT2D eigenvalue weighted by molar-refractivity contribution is 0.0729. The number of rotatable bonds is 2. The second kappa shape index (κ2) is 5.87. The molecule has 1 heterocycles. The SMILES string of the molecule is Cc1ccccc1C1CCCN1C(=O)c1cccc(F)c1F. The maximum absolute atomic E-state index is 13.9. The van der Waals surface area contributed by atoms with E-state index < -0.39 is 17.5 Å². The molecule has 1 aliphatic rings. The molecule has 1 saturated heterocycles. The van der Waals surface area contributed by atoms with Crippen LogP contribution in [-0.2, 0) is 0 Å². The van der Waals surface area contributed by atoms with Gasteiger partial charge >= 0.3 is 0 Å². The van der Waals surface area contributed by atoms with Gasteiger partial charge in [0.1, 0.15) is 0 Å². The van der Waals surface area contributed by atoms with Crippen molar-refractivity contribution in [1.82, 2.24) is 4.90 Å². The van der Waals surface area contributed by atoms with Gasteiger partial charge in [0.25, 0.3) is 5.91 Å². The van der Waals surface area contributed by atoms with Gasteiger partial charge in [0, 0.05) is 6.54 Å².